The first-order valence-corrected chi connectivity index (χ1v) is 5.59. The molecule has 7 heteroatoms. The lowest BCUT2D eigenvalue weighted by Gasteiger charge is -2.02. The number of benzene rings is 2. The van der Waals surface area contributed by atoms with E-state index >= 15 is 0 Å². The Balaban J connectivity index is 2.25. The molecule has 0 bridgehead atoms. The standard InChI is InChI=1S/C13H10FN3O3/c14-11-6-7-12(17(19)20)13(18)10(11)8-15-16-9-4-2-1-3-5-9/h1-8,16,18H. The minimum atomic E-state index is -0.799. The highest BCUT2D eigenvalue weighted by atomic mass is 19.1. The fraction of sp³-hybridized carbons (Fsp3) is 0. The van der Waals surface area contributed by atoms with E-state index in [2.05, 4.69) is 10.5 Å². The van der Waals surface area contributed by atoms with Gasteiger partial charge in [0.05, 0.1) is 22.4 Å². The van der Waals surface area contributed by atoms with Gasteiger partial charge in [-0.25, -0.2) is 4.39 Å². The lowest BCUT2D eigenvalue weighted by atomic mass is 10.2. The molecular formula is C13H10FN3O3. The number of nitrogens with zero attached hydrogens (tertiary/aromatic N) is 2. The van der Waals surface area contributed by atoms with Crippen molar-refractivity contribution in [2.24, 2.45) is 5.10 Å². The van der Waals surface area contributed by atoms with Crippen molar-refractivity contribution in [3.05, 3.63) is 64.0 Å². The SMILES string of the molecule is O=[N+]([O-])c1ccc(F)c(C=NNc2ccccc2)c1O. The monoisotopic (exact) mass is 275 g/mol. The molecule has 102 valence electrons. The summed E-state index contributed by atoms with van der Waals surface area (Å²) in [4.78, 5) is 9.85. The Labute approximate surface area is 113 Å². The summed E-state index contributed by atoms with van der Waals surface area (Å²) in [6, 6.07) is 10.7. The highest BCUT2D eigenvalue weighted by Crippen LogP contribution is 2.30. The molecule has 2 N–H and O–H groups in total. The van der Waals surface area contributed by atoms with Gasteiger partial charge in [-0.3, -0.25) is 15.5 Å². The number of nitro groups is 1. The summed E-state index contributed by atoms with van der Waals surface area (Å²) in [6.45, 7) is 0. The molecule has 20 heavy (non-hydrogen) atoms. The Morgan fingerprint density at radius 1 is 1.25 bits per heavy atom. The number of phenols is 1. The number of phenolic OH excluding ortho intramolecular Hbond substituents is 1. The van der Waals surface area contributed by atoms with Gasteiger partial charge in [0.1, 0.15) is 5.82 Å². The number of anilines is 1. The molecule has 2 aromatic rings. The molecule has 0 saturated heterocycles. The summed E-state index contributed by atoms with van der Waals surface area (Å²) in [5, 5.41) is 24.0. The highest BCUT2D eigenvalue weighted by Gasteiger charge is 2.19. The van der Waals surface area contributed by atoms with Crippen molar-refractivity contribution in [2.45, 2.75) is 0 Å². The number of nitro benzene ring substituents is 1. The minimum absolute atomic E-state index is 0.345. The third kappa shape index (κ3) is 2.89. The zero-order valence-electron chi connectivity index (χ0n) is 10.2. The maximum absolute atomic E-state index is 13.5. The molecule has 0 aliphatic carbocycles. The van der Waals surface area contributed by atoms with E-state index in [1.807, 2.05) is 6.07 Å². The van der Waals surface area contributed by atoms with E-state index in [-0.39, 0.29) is 5.56 Å². The molecule has 2 rings (SSSR count). The Morgan fingerprint density at radius 2 is 1.95 bits per heavy atom. The average Bonchev–Trinajstić information content (AvgIpc) is 2.43. The van der Waals surface area contributed by atoms with Crippen molar-refractivity contribution in [3.63, 3.8) is 0 Å². The lowest BCUT2D eigenvalue weighted by molar-refractivity contribution is -0.385. The number of halogens is 1. The van der Waals surface area contributed by atoms with Crippen LogP contribution < -0.4 is 5.43 Å². The minimum Gasteiger partial charge on any atom is -0.502 e. The van der Waals surface area contributed by atoms with Crippen LogP contribution in [0.25, 0.3) is 0 Å². The van der Waals surface area contributed by atoms with Crippen LogP contribution in [0.4, 0.5) is 15.8 Å². The molecule has 2 aromatic carbocycles. The van der Waals surface area contributed by atoms with E-state index in [0.717, 1.165) is 18.3 Å². The van der Waals surface area contributed by atoms with Gasteiger partial charge in [-0.1, -0.05) is 18.2 Å². The topological polar surface area (TPSA) is 87.8 Å². The smallest absolute Gasteiger partial charge is 0.311 e. The number of aromatic hydroxyl groups is 1. The second-order valence-corrected chi connectivity index (χ2v) is 3.82. The van der Waals surface area contributed by atoms with E-state index in [1.54, 1.807) is 24.3 Å². The van der Waals surface area contributed by atoms with Crippen molar-refractivity contribution in [1.29, 1.82) is 0 Å². The number of hydrogen-bond donors (Lipinski definition) is 2. The van der Waals surface area contributed by atoms with Crippen LogP contribution in [-0.4, -0.2) is 16.2 Å². The van der Waals surface area contributed by atoms with Gasteiger partial charge in [-0.05, 0) is 18.2 Å². The van der Waals surface area contributed by atoms with Crippen LogP contribution in [0.5, 0.6) is 5.75 Å². The van der Waals surface area contributed by atoms with Gasteiger partial charge in [0.25, 0.3) is 0 Å². The zero-order chi connectivity index (χ0) is 14.5. The second kappa shape index (κ2) is 5.79. The summed E-state index contributed by atoms with van der Waals surface area (Å²) in [7, 11) is 0. The maximum Gasteiger partial charge on any atom is 0.311 e. The molecule has 0 amide bonds. The van der Waals surface area contributed by atoms with Gasteiger partial charge in [0.15, 0.2) is 0 Å². The third-order valence-corrected chi connectivity index (χ3v) is 2.50. The first kappa shape index (κ1) is 13.5. The molecule has 0 aliphatic rings. The van der Waals surface area contributed by atoms with E-state index in [4.69, 9.17) is 0 Å². The second-order valence-electron chi connectivity index (χ2n) is 3.82. The predicted octanol–water partition coefficient (Wildman–Crippen LogP) is 2.89. The molecule has 0 aliphatic heterocycles. The fourth-order valence-corrected chi connectivity index (χ4v) is 1.53. The number of hydrazone groups is 1. The first-order valence-electron chi connectivity index (χ1n) is 5.59. The molecule has 0 atom stereocenters. The molecule has 0 aromatic heterocycles. The molecule has 0 heterocycles. The highest BCUT2D eigenvalue weighted by molar-refractivity contribution is 5.86. The third-order valence-electron chi connectivity index (χ3n) is 2.50. The number of nitrogens with one attached hydrogen (secondary N) is 1. The Morgan fingerprint density at radius 3 is 2.60 bits per heavy atom. The van der Waals surface area contributed by atoms with Gasteiger partial charge in [-0.2, -0.15) is 5.10 Å². The van der Waals surface area contributed by atoms with Gasteiger partial charge < -0.3 is 5.11 Å². The normalized spacial score (nSPS) is 10.7. The van der Waals surface area contributed by atoms with Gasteiger partial charge >= 0.3 is 5.69 Å². The van der Waals surface area contributed by atoms with Gasteiger partial charge in [0, 0.05) is 6.07 Å². The summed E-state index contributed by atoms with van der Waals surface area (Å²) in [6.07, 6.45) is 0.991. The Bertz CT molecular complexity index is 659. The number of hydrogen-bond acceptors (Lipinski definition) is 5. The van der Waals surface area contributed by atoms with Crippen molar-refractivity contribution >= 4 is 17.6 Å². The van der Waals surface area contributed by atoms with E-state index in [0.29, 0.717) is 5.69 Å². The van der Waals surface area contributed by atoms with Crippen LogP contribution in [0.2, 0.25) is 0 Å². The van der Waals surface area contributed by atoms with E-state index in [1.165, 1.54) is 0 Å². The van der Waals surface area contributed by atoms with Gasteiger partial charge in [0.2, 0.25) is 5.75 Å². The number of para-hydroxylation sites is 1. The molecule has 0 radical (unpaired) electrons. The van der Waals surface area contributed by atoms with E-state index < -0.39 is 22.2 Å². The molecular weight excluding hydrogens is 265 g/mol. The van der Waals surface area contributed by atoms with Crippen LogP contribution in [0.3, 0.4) is 0 Å². The summed E-state index contributed by atoms with van der Waals surface area (Å²) < 4.78 is 13.5. The average molecular weight is 275 g/mol. The lowest BCUT2D eigenvalue weighted by Crippen LogP contribution is -1.97. The molecule has 0 saturated carbocycles. The zero-order valence-corrected chi connectivity index (χ0v) is 10.2. The fourth-order valence-electron chi connectivity index (χ4n) is 1.53. The largest absolute Gasteiger partial charge is 0.502 e. The van der Waals surface area contributed by atoms with E-state index in [9.17, 15) is 19.6 Å². The molecule has 0 spiro atoms. The maximum atomic E-state index is 13.5. The Hall–Kier alpha value is -2.96. The van der Waals surface area contributed by atoms with Crippen LogP contribution in [0.15, 0.2) is 47.6 Å². The van der Waals surface area contributed by atoms with Gasteiger partial charge in [-0.15, -0.1) is 0 Å². The predicted molar refractivity (Wildman–Crippen MR) is 72.4 cm³/mol. The van der Waals surface area contributed by atoms with Crippen molar-refractivity contribution in [3.8, 4) is 5.75 Å². The first-order chi connectivity index (χ1) is 9.59. The summed E-state index contributed by atoms with van der Waals surface area (Å²) in [5.41, 5.74) is 2.36. The Kier molecular flexibility index (Phi) is 3.90. The van der Waals surface area contributed by atoms with Crippen LogP contribution in [0, 0.1) is 15.9 Å². The molecule has 6 nitrogen and oxygen atoms in total. The number of rotatable bonds is 4. The summed E-state index contributed by atoms with van der Waals surface area (Å²) >= 11 is 0. The van der Waals surface area contributed by atoms with Crippen molar-refractivity contribution in [2.75, 3.05) is 5.43 Å². The van der Waals surface area contributed by atoms with Crippen LogP contribution in [0.1, 0.15) is 5.56 Å². The van der Waals surface area contributed by atoms with Crippen LogP contribution >= 0.6 is 0 Å². The van der Waals surface area contributed by atoms with Crippen molar-refractivity contribution in [1.82, 2.24) is 0 Å². The quantitative estimate of drug-likeness (QED) is 0.510. The molecule has 0 unspecified atom stereocenters. The van der Waals surface area contributed by atoms with Crippen LogP contribution in [-0.2, 0) is 0 Å². The molecule has 0 fully saturated rings. The summed E-state index contributed by atoms with van der Waals surface area (Å²) in [5.74, 6) is -1.56. The van der Waals surface area contributed by atoms with Crippen molar-refractivity contribution < 1.29 is 14.4 Å².